The summed E-state index contributed by atoms with van der Waals surface area (Å²) in [5.74, 6) is 3.43. The molecule has 0 aliphatic heterocycles. The highest BCUT2D eigenvalue weighted by molar-refractivity contribution is 6.74. The molecule has 1 rings (SSSR count). The summed E-state index contributed by atoms with van der Waals surface area (Å²) in [4.78, 5) is 12.0. The van der Waals surface area contributed by atoms with Crippen molar-refractivity contribution >= 4 is 14.1 Å². The second kappa shape index (κ2) is 9.36. The fourth-order valence-electron chi connectivity index (χ4n) is 2.15. The number of hydrogen-bond donors (Lipinski definition) is 0. The number of Topliss-reactive ketones (excluding diaryl/α,β-unsaturated/α-hetero) is 1. The minimum Gasteiger partial charge on any atom is -0.497 e. The van der Waals surface area contributed by atoms with E-state index in [1.165, 1.54) is 6.92 Å². The summed E-state index contributed by atoms with van der Waals surface area (Å²) in [5, 5.41) is 0.0533. The molecule has 5 heteroatoms. The Morgan fingerprint density at radius 1 is 1.23 bits per heavy atom. The third kappa shape index (κ3) is 6.60. The molecule has 0 heterocycles. The summed E-state index contributed by atoms with van der Waals surface area (Å²) in [6.45, 7) is 12.7. The van der Waals surface area contributed by atoms with Crippen LogP contribution < -0.4 is 4.74 Å². The lowest BCUT2D eigenvalue weighted by Gasteiger charge is -2.38. The van der Waals surface area contributed by atoms with Crippen LogP contribution >= 0.6 is 0 Å². The molecule has 0 aliphatic rings. The van der Waals surface area contributed by atoms with E-state index in [1.807, 2.05) is 24.3 Å². The van der Waals surface area contributed by atoms with Crippen LogP contribution in [0.1, 0.15) is 39.7 Å². The molecule has 0 aromatic heterocycles. The van der Waals surface area contributed by atoms with Gasteiger partial charge in [-0.25, -0.2) is 0 Å². The van der Waals surface area contributed by atoms with Crippen molar-refractivity contribution in [2.24, 2.45) is 0 Å². The van der Waals surface area contributed by atoms with Crippen molar-refractivity contribution < 1.29 is 18.7 Å². The maximum atomic E-state index is 12.0. The number of ketones is 1. The predicted molar refractivity (Wildman–Crippen MR) is 108 cm³/mol. The Hall–Kier alpha value is -1.61. The maximum absolute atomic E-state index is 12.0. The lowest BCUT2D eigenvalue weighted by atomic mass is 10.1. The van der Waals surface area contributed by atoms with Gasteiger partial charge in [0.25, 0.3) is 0 Å². The first-order valence-electron chi connectivity index (χ1n) is 8.89. The molecule has 2 atom stereocenters. The largest absolute Gasteiger partial charge is 0.497 e. The average molecular weight is 377 g/mol. The normalized spacial score (nSPS) is 14.4. The molecule has 0 spiro atoms. The van der Waals surface area contributed by atoms with Crippen LogP contribution in [0.2, 0.25) is 18.1 Å². The first-order valence-corrected chi connectivity index (χ1v) is 11.8. The van der Waals surface area contributed by atoms with Gasteiger partial charge in [0.2, 0.25) is 0 Å². The van der Waals surface area contributed by atoms with Gasteiger partial charge in [0.05, 0.1) is 13.7 Å². The zero-order chi connectivity index (χ0) is 20.0. The van der Waals surface area contributed by atoms with Gasteiger partial charge in [-0.15, -0.1) is 6.42 Å². The summed E-state index contributed by atoms with van der Waals surface area (Å²) < 4.78 is 17.3. The van der Waals surface area contributed by atoms with E-state index < -0.39 is 20.5 Å². The standard InChI is InChI=1S/C21H32O4Si/c1-9-18(25-26(7,8)21(3,4)5)14-20(16(2)22)24-15-17-10-12-19(23-6)13-11-17/h1,10-13,18,20H,14-15H2,2-8H3/t18-,20+/m0/s1. The van der Waals surface area contributed by atoms with Crippen LogP contribution in [0.3, 0.4) is 0 Å². The highest BCUT2D eigenvalue weighted by atomic mass is 28.4. The number of hydrogen-bond acceptors (Lipinski definition) is 4. The molecule has 0 radical (unpaired) electrons. The van der Waals surface area contributed by atoms with Crippen LogP contribution in [0.25, 0.3) is 0 Å². The number of carbonyl (C=O) groups is 1. The molecule has 1 aromatic carbocycles. The third-order valence-corrected chi connectivity index (χ3v) is 9.41. The van der Waals surface area contributed by atoms with E-state index in [-0.39, 0.29) is 10.8 Å². The van der Waals surface area contributed by atoms with Gasteiger partial charge in [-0.1, -0.05) is 38.8 Å². The van der Waals surface area contributed by atoms with Crippen LogP contribution in [0.4, 0.5) is 0 Å². The molecular formula is C21H32O4Si. The molecule has 4 nitrogen and oxygen atoms in total. The summed E-state index contributed by atoms with van der Waals surface area (Å²) in [6, 6.07) is 7.57. The lowest BCUT2D eigenvalue weighted by molar-refractivity contribution is -0.130. The van der Waals surface area contributed by atoms with Gasteiger partial charge < -0.3 is 13.9 Å². The molecule has 0 bridgehead atoms. The molecule has 0 amide bonds. The number of terminal acetylenes is 1. The predicted octanol–water partition coefficient (Wildman–Crippen LogP) is 4.58. The average Bonchev–Trinajstić information content (AvgIpc) is 2.56. The molecule has 1 aromatic rings. The van der Waals surface area contributed by atoms with Crippen LogP contribution in [0.15, 0.2) is 24.3 Å². The zero-order valence-corrected chi connectivity index (χ0v) is 18.1. The van der Waals surface area contributed by atoms with E-state index >= 15 is 0 Å². The highest BCUT2D eigenvalue weighted by Gasteiger charge is 2.39. The van der Waals surface area contributed by atoms with Gasteiger partial charge >= 0.3 is 0 Å². The van der Waals surface area contributed by atoms with Crippen molar-refractivity contribution in [3.63, 3.8) is 0 Å². The van der Waals surface area contributed by atoms with E-state index in [9.17, 15) is 4.79 Å². The van der Waals surface area contributed by atoms with Crippen molar-refractivity contribution in [2.45, 2.75) is 71.1 Å². The minimum absolute atomic E-state index is 0.0439. The zero-order valence-electron chi connectivity index (χ0n) is 17.1. The first kappa shape index (κ1) is 22.4. The van der Waals surface area contributed by atoms with Crippen molar-refractivity contribution in [2.75, 3.05) is 7.11 Å². The minimum atomic E-state index is -2.01. The summed E-state index contributed by atoms with van der Waals surface area (Å²) in [6.07, 6.45) is 5.04. The third-order valence-electron chi connectivity index (χ3n) is 4.92. The lowest BCUT2D eigenvalue weighted by Crippen LogP contribution is -2.44. The van der Waals surface area contributed by atoms with Crippen molar-refractivity contribution in [1.29, 1.82) is 0 Å². The summed E-state index contributed by atoms with van der Waals surface area (Å²) in [5.41, 5.74) is 0.972. The fourth-order valence-corrected chi connectivity index (χ4v) is 3.38. The van der Waals surface area contributed by atoms with Crippen LogP contribution in [0, 0.1) is 12.3 Å². The van der Waals surface area contributed by atoms with Gasteiger partial charge in [-0.3, -0.25) is 4.79 Å². The van der Waals surface area contributed by atoms with Gasteiger partial charge in [-0.2, -0.15) is 0 Å². The topological polar surface area (TPSA) is 44.8 Å². The number of methoxy groups -OCH3 is 1. The second-order valence-electron chi connectivity index (χ2n) is 8.03. The van der Waals surface area contributed by atoms with E-state index in [0.29, 0.717) is 13.0 Å². The van der Waals surface area contributed by atoms with Gasteiger partial charge in [0.1, 0.15) is 18.0 Å². The Morgan fingerprint density at radius 3 is 2.23 bits per heavy atom. The number of ether oxygens (including phenoxy) is 2. The molecule has 0 saturated carbocycles. The Kier molecular flexibility index (Phi) is 8.07. The Bertz CT molecular complexity index is 623. The van der Waals surface area contributed by atoms with Gasteiger partial charge in [0.15, 0.2) is 14.1 Å². The molecule has 144 valence electrons. The Labute approximate surface area is 159 Å². The molecular weight excluding hydrogens is 344 g/mol. The number of benzene rings is 1. The molecule has 0 saturated heterocycles. The van der Waals surface area contributed by atoms with Crippen molar-refractivity contribution in [3.05, 3.63) is 29.8 Å². The number of carbonyl (C=O) groups excluding carboxylic acids is 1. The molecule has 0 fully saturated rings. The second-order valence-corrected chi connectivity index (χ2v) is 12.8. The number of rotatable bonds is 9. The van der Waals surface area contributed by atoms with Crippen LogP contribution in [0.5, 0.6) is 5.75 Å². The van der Waals surface area contributed by atoms with Crippen molar-refractivity contribution in [3.8, 4) is 18.1 Å². The first-order chi connectivity index (χ1) is 12.0. The Balaban J connectivity index is 2.73. The molecule has 0 unspecified atom stereocenters. The molecule has 26 heavy (non-hydrogen) atoms. The molecule has 0 aliphatic carbocycles. The molecule has 0 N–H and O–H groups in total. The smallest absolute Gasteiger partial charge is 0.193 e. The fraction of sp³-hybridized carbons (Fsp3) is 0.571. The summed E-state index contributed by atoms with van der Waals surface area (Å²) >= 11 is 0. The SMILES string of the molecule is C#C[C@@H](C[C@@H](OCc1ccc(OC)cc1)C(C)=O)O[Si](C)(C)C(C)(C)C. The highest BCUT2D eigenvalue weighted by Crippen LogP contribution is 2.37. The van der Waals surface area contributed by atoms with Crippen molar-refractivity contribution in [1.82, 2.24) is 0 Å². The summed E-state index contributed by atoms with van der Waals surface area (Å²) in [7, 11) is -0.387. The Morgan fingerprint density at radius 2 is 1.81 bits per heavy atom. The van der Waals surface area contributed by atoms with E-state index in [1.54, 1.807) is 7.11 Å². The van der Waals surface area contributed by atoms with E-state index in [0.717, 1.165) is 11.3 Å². The monoisotopic (exact) mass is 376 g/mol. The van der Waals surface area contributed by atoms with Crippen LogP contribution in [-0.4, -0.2) is 33.4 Å². The van der Waals surface area contributed by atoms with Crippen LogP contribution in [-0.2, 0) is 20.6 Å². The quantitative estimate of drug-likeness (QED) is 0.467. The van der Waals surface area contributed by atoms with E-state index in [2.05, 4.69) is 39.8 Å². The van der Waals surface area contributed by atoms with Gasteiger partial charge in [-0.05, 0) is 42.8 Å². The van der Waals surface area contributed by atoms with Gasteiger partial charge in [0, 0.05) is 6.42 Å². The van der Waals surface area contributed by atoms with E-state index in [4.69, 9.17) is 20.3 Å². The maximum Gasteiger partial charge on any atom is 0.193 e.